The summed E-state index contributed by atoms with van der Waals surface area (Å²) in [5.41, 5.74) is -0.479. The number of aromatic nitrogens is 2. The van der Waals surface area contributed by atoms with Gasteiger partial charge in [-0.15, -0.1) is 5.10 Å². The third-order valence-electron chi connectivity index (χ3n) is 4.79. The van der Waals surface area contributed by atoms with Gasteiger partial charge in [0.2, 0.25) is 12.3 Å². The Morgan fingerprint density at radius 3 is 2.55 bits per heavy atom. The molecule has 4 rings (SSSR count). The van der Waals surface area contributed by atoms with E-state index in [1.807, 2.05) is 0 Å². The Morgan fingerprint density at radius 1 is 1.10 bits per heavy atom. The molecule has 0 unspecified atom stereocenters. The maximum Gasteiger partial charge on any atom is 0.272 e. The van der Waals surface area contributed by atoms with Gasteiger partial charge >= 0.3 is 0 Å². The van der Waals surface area contributed by atoms with E-state index < -0.39 is 11.7 Å². The van der Waals surface area contributed by atoms with Gasteiger partial charge < -0.3 is 14.5 Å². The molecule has 3 aromatic rings. The Hall–Kier alpha value is -3.75. The lowest BCUT2D eigenvalue weighted by Crippen LogP contribution is -2.48. The first-order valence-corrected chi connectivity index (χ1v) is 9.00. The topological polar surface area (TPSA) is 95.6 Å². The Balaban J connectivity index is 1.61. The molecule has 1 aliphatic rings. The molecule has 9 heteroatoms. The van der Waals surface area contributed by atoms with Crippen LogP contribution in [0, 0.1) is 5.82 Å². The minimum Gasteiger partial charge on any atom is -0.437 e. The Labute approximate surface area is 164 Å². The number of benzene rings is 2. The van der Waals surface area contributed by atoms with Crippen LogP contribution in [0.4, 0.5) is 4.39 Å². The number of piperazine rings is 1. The second kappa shape index (κ2) is 7.70. The molecule has 2 amide bonds. The van der Waals surface area contributed by atoms with Gasteiger partial charge in [0.1, 0.15) is 11.6 Å². The number of ether oxygens (including phenoxy) is 1. The van der Waals surface area contributed by atoms with E-state index in [4.69, 9.17) is 4.74 Å². The molecule has 0 radical (unpaired) electrons. The molecule has 29 heavy (non-hydrogen) atoms. The number of hydrogen-bond acceptors (Lipinski definition) is 5. The van der Waals surface area contributed by atoms with Crippen molar-refractivity contribution in [2.24, 2.45) is 0 Å². The van der Waals surface area contributed by atoms with Crippen molar-refractivity contribution in [3.8, 4) is 11.6 Å². The highest BCUT2D eigenvalue weighted by Crippen LogP contribution is 2.27. The molecule has 0 aliphatic carbocycles. The minimum absolute atomic E-state index is 0.129. The van der Waals surface area contributed by atoms with Crippen LogP contribution < -0.4 is 10.3 Å². The van der Waals surface area contributed by atoms with Crippen LogP contribution >= 0.6 is 0 Å². The normalized spacial score (nSPS) is 14.1. The SMILES string of the molecule is O=CN1CCN(C(=O)c2cc(Oc3n[nH]c(=O)c4ccccc34)ccc2F)CC1. The lowest BCUT2D eigenvalue weighted by atomic mass is 10.1. The van der Waals surface area contributed by atoms with E-state index in [-0.39, 0.29) is 22.8 Å². The van der Waals surface area contributed by atoms with Crippen LogP contribution in [-0.4, -0.2) is 58.5 Å². The molecule has 0 atom stereocenters. The average molecular weight is 396 g/mol. The number of nitrogens with one attached hydrogen (secondary N) is 1. The summed E-state index contributed by atoms with van der Waals surface area (Å²) in [6, 6.07) is 10.6. The summed E-state index contributed by atoms with van der Waals surface area (Å²) in [6.07, 6.45) is 0.734. The Kier molecular flexibility index (Phi) is 4.94. The van der Waals surface area contributed by atoms with Crippen LogP contribution in [0.15, 0.2) is 47.3 Å². The monoisotopic (exact) mass is 396 g/mol. The highest BCUT2D eigenvalue weighted by atomic mass is 19.1. The highest BCUT2D eigenvalue weighted by molar-refractivity contribution is 5.95. The largest absolute Gasteiger partial charge is 0.437 e. The number of H-pyrrole nitrogens is 1. The predicted octanol–water partition coefficient (Wildman–Crippen LogP) is 1.77. The second-order valence-electron chi connectivity index (χ2n) is 6.58. The van der Waals surface area contributed by atoms with Crippen molar-refractivity contribution in [2.45, 2.75) is 0 Å². The van der Waals surface area contributed by atoms with Gasteiger partial charge in [-0.25, -0.2) is 9.49 Å². The lowest BCUT2D eigenvalue weighted by molar-refractivity contribution is -0.119. The third kappa shape index (κ3) is 3.66. The van der Waals surface area contributed by atoms with Crippen molar-refractivity contribution >= 4 is 23.1 Å². The van der Waals surface area contributed by atoms with Crippen LogP contribution in [-0.2, 0) is 4.79 Å². The zero-order valence-corrected chi connectivity index (χ0v) is 15.3. The number of halogens is 1. The molecule has 148 valence electrons. The molecule has 1 aromatic heterocycles. The number of carbonyl (C=O) groups is 2. The standard InChI is InChI=1S/C20H17FN4O4/c21-17-6-5-13(11-16(17)20(28)25-9-7-24(12-26)8-10-25)29-19-15-4-2-1-3-14(15)18(27)22-23-19/h1-6,11-12H,7-10H2,(H,22,27). The van der Waals surface area contributed by atoms with Crippen LogP contribution in [0.25, 0.3) is 10.8 Å². The number of amides is 2. The van der Waals surface area contributed by atoms with E-state index in [0.29, 0.717) is 37.0 Å². The number of rotatable bonds is 4. The Bertz CT molecular complexity index is 1140. The first-order chi connectivity index (χ1) is 14.1. The first kappa shape index (κ1) is 18.6. The number of nitrogens with zero attached hydrogens (tertiary/aromatic N) is 3. The molecule has 0 spiro atoms. The molecule has 2 heterocycles. The number of fused-ring (bicyclic) bond motifs is 1. The van der Waals surface area contributed by atoms with Crippen molar-refractivity contribution in [1.82, 2.24) is 20.0 Å². The number of carbonyl (C=O) groups excluding carboxylic acids is 2. The highest BCUT2D eigenvalue weighted by Gasteiger charge is 2.24. The number of aromatic amines is 1. The van der Waals surface area contributed by atoms with Gasteiger partial charge in [0.25, 0.3) is 11.5 Å². The van der Waals surface area contributed by atoms with Gasteiger partial charge in [-0.3, -0.25) is 14.4 Å². The van der Waals surface area contributed by atoms with Crippen molar-refractivity contribution in [3.05, 3.63) is 64.2 Å². The minimum atomic E-state index is -0.667. The molecule has 1 N–H and O–H groups in total. The summed E-state index contributed by atoms with van der Waals surface area (Å²) in [5, 5.41) is 7.18. The smallest absolute Gasteiger partial charge is 0.272 e. The maximum absolute atomic E-state index is 14.3. The van der Waals surface area contributed by atoms with Crippen molar-refractivity contribution < 1.29 is 18.7 Å². The van der Waals surface area contributed by atoms with Gasteiger partial charge in [0, 0.05) is 26.2 Å². The lowest BCUT2D eigenvalue weighted by Gasteiger charge is -2.32. The van der Waals surface area contributed by atoms with E-state index in [0.717, 1.165) is 12.5 Å². The number of hydrogen-bond donors (Lipinski definition) is 1. The average Bonchev–Trinajstić information content (AvgIpc) is 2.77. The van der Waals surface area contributed by atoms with Gasteiger partial charge in [0.05, 0.1) is 16.3 Å². The molecular weight excluding hydrogens is 379 g/mol. The summed E-state index contributed by atoms with van der Waals surface area (Å²) in [7, 11) is 0. The summed E-state index contributed by atoms with van der Waals surface area (Å²) in [5.74, 6) is -0.784. The van der Waals surface area contributed by atoms with Crippen LogP contribution in [0.2, 0.25) is 0 Å². The van der Waals surface area contributed by atoms with E-state index in [9.17, 15) is 18.8 Å². The van der Waals surface area contributed by atoms with E-state index in [1.54, 1.807) is 29.2 Å². The first-order valence-electron chi connectivity index (χ1n) is 9.00. The fourth-order valence-electron chi connectivity index (χ4n) is 3.21. The second-order valence-corrected chi connectivity index (χ2v) is 6.58. The molecule has 1 fully saturated rings. The summed E-state index contributed by atoms with van der Waals surface area (Å²) < 4.78 is 20.1. The molecule has 0 bridgehead atoms. The fourth-order valence-corrected chi connectivity index (χ4v) is 3.21. The van der Waals surface area contributed by atoms with E-state index in [1.165, 1.54) is 17.0 Å². The van der Waals surface area contributed by atoms with Crippen LogP contribution in [0.3, 0.4) is 0 Å². The van der Waals surface area contributed by atoms with Crippen molar-refractivity contribution in [3.63, 3.8) is 0 Å². The van der Waals surface area contributed by atoms with Gasteiger partial charge in [-0.1, -0.05) is 12.1 Å². The predicted molar refractivity (Wildman–Crippen MR) is 102 cm³/mol. The van der Waals surface area contributed by atoms with Crippen molar-refractivity contribution in [1.29, 1.82) is 0 Å². The quantitative estimate of drug-likeness (QED) is 0.678. The molecule has 1 saturated heterocycles. The summed E-state index contributed by atoms with van der Waals surface area (Å²) in [4.78, 5) is 38.5. The van der Waals surface area contributed by atoms with Crippen LogP contribution in [0.1, 0.15) is 10.4 Å². The van der Waals surface area contributed by atoms with E-state index >= 15 is 0 Å². The maximum atomic E-state index is 14.3. The van der Waals surface area contributed by atoms with Gasteiger partial charge in [-0.2, -0.15) is 0 Å². The Morgan fingerprint density at radius 2 is 1.83 bits per heavy atom. The third-order valence-corrected chi connectivity index (χ3v) is 4.79. The summed E-state index contributed by atoms with van der Waals surface area (Å²) >= 11 is 0. The van der Waals surface area contributed by atoms with E-state index in [2.05, 4.69) is 10.2 Å². The van der Waals surface area contributed by atoms with Crippen LogP contribution in [0.5, 0.6) is 11.6 Å². The molecule has 0 saturated carbocycles. The van der Waals surface area contributed by atoms with Crippen molar-refractivity contribution in [2.75, 3.05) is 26.2 Å². The molecule has 8 nitrogen and oxygen atoms in total. The van der Waals surface area contributed by atoms with Gasteiger partial charge in [0.15, 0.2) is 0 Å². The van der Waals surface area contributed by atoms with Gasteiger partial charge in [-0.05, 0) is 30.3 Å². The zero-order valence-electron chi connectivity index (χ0n) is 15.3. The zero-order chi connectivity index (χ0) is 20.4. The molecular formula is C20H17FN4O4. The molecule has 2 aromatic carbocycles. The fraction of sp³-hybridized carbons (Fsp3) is 0.200. The summed E-state index contributed by atoms with van der Waals surface area (Å²) in [6.45, 7) is 1.46. The molecule has 1 aliphatic heterocycles.